The number of rotatable bonds is 2. The average Bonchev–Trinajstić information content (AvgIpc) is 3.10. The van der Waals surface area contributed by atoms with E-state index in [0.29, 0.717) is 28.7 Å². The second-order valence-corrected chi connectivity index (χ2v) is 8.62. The maximum absolute atomic E-state index is 12.6. The Morgan fingerprint density at radius 1 is 1.20 bits per heavy atom. The molecular weight excluding hydrogens is 423 g/mol. The lowest BCUT2D eigenvalue weighted by Crippen LogP contribution is -2.41. The number of amides is 2. The maximum Gasteiger partial charge on any atom is 0.337 e. The highest BCUT2D eigenvalue weighted by molar-refractivity contribution is 6.32. The van der Waals surface area contributed by atoms with Crippen LogP contribution < -0.4 is 10.2 Å². The molecule has 4 rings (SSSR count). The molecule has 158 valence electrons. The van der Waals surface area contributed by atoms with Crippen LogP contribution in [0.5, 0.6) is 0 Å². The second-order valence-electron chi connectivity index (χ2n) is 7.75. The number of hydrogen-bond acceptors (Lipinski definition) is 4. The van der Waals surface area contributed by atoms with Gasteiger partial charge in [-0.05, 0) is 49.6 Å². The number of carbonyl (C=O) groups is 1. The summed E-state index contributed by atoms with van der Waals surface area (Å²) in [6.07, 6.45) is 0.983. The predicted molar refractivity (Wildman–Crippen MR) is 121 cm³/mol. The third kappa shape index (κ3) is 4.00. The van der Waals surface area contributed by atoms with Gasteiger partial charge < -0.3 is 15.3 Å². The molecule has 2 amide bonds. The molecule has 1 saturated heterocycles. The SMILES string of the molecule is CNC(=O)N1N=C(c2ccc(Cl)cc2)c2cc(Cl)cc(N3CCC(O)C3)c2CC1C. The Hall–Kier alpha value is -2.28. The molecule has 2 unspecified atom stereocenters. The Labute approximate surface area is 186 Å². The fourth-order valence-corrected chi connectivity index (χ4v) is 4.45. The number of nitrogens with one attached hydrogen (secondary N) is 1. The molecule has 2 aliphatic rings. The van der Waals surface area contributed by atoms with E-state index in [2.05, 4.69) is 10.2 Å². The van der Waals surface area contributed by atoms with E-state index in [4.69, 9.17) is 28.3 Å². The highest BCUT2D eigenvalue weighted by Crippen LogP contribution is 2.36. The van der Waals surface area contributed by atoms with E-state index >= 15 is 0 Å². The first-order valence-electron chi connectivity index (χ1n) is 9.98. The van der Waals surface area contributed by atoms with Gasteiger partial charge in [0, 0.05) is 47.0 Å². The zero-order chi connectivity index (χ0) is 21.4. The average molecular weight is 447 g/mol. The van der Waals surface area contributed by atoms with Gasteiger partial charge in [0.05, 0.1) is 17.9 Å². The third-order valence-corrected chi connectivity index (χ3v) is 6.08. The number of aliphatic hydroxyl groups excluding tert-OH is 1. The number of carbonyl (C=O) groups excluding carboxylic acids is 1. The lowest BCUT2D eigenvalue weighted by atomic mass is 9.93. The van der Waals surface area contributed by atoms with Gasteiger partial charge in [-0.15, -0.1) is 0 Å². The summed E-state index contributed by atoms with van der Waals surface area (Å²) in [5, 5.41) is 20.2. The Balaban J connectivity index is 1.91. The standard InChI is InChI=1S/C22H24Cl2N4O2/c1-13-9-18-19(10-16(24)11-20(18)27-8-7-17(29)12-27)21(26-28(13)22(30)25-2)14-3-5-15(23)6-4-14/h3-6,10-11,13,17,29H,7-9,12H2,1-2H3,(H,25,30). The van der Waals surface area contributed by atoms with Crippen LogP contribution in [0.1, 0.15) is 30.0 Å². The van der Waals surface area contributed by atoms with Crippen molar-refractivity contribution in [3.8, 4) is 0 Å². The Morgan fingerprint density at radius 2 is 1.93 bits per heavy atom. The summed E-state index contributed by atoms with van der Waals surface area (Å²) in [6.45, 7) is 3.30. The topological polar surface area (TPSA) is 68.2 Å². The molecule has 2 aromatic carbocycles. The first-order valence-corrected chi connectivity index (χ1v) is 10.7. The van der Waals surface area contributed by atoms with Crippen molar-refractivity contribution in [3.63, 3.8) is 0 Å². The normalized spacial score (nSPS) is 21.2. The maximum atomic E-state index is 12.6. The van der Waals surface area contributed by atoms with Crippen LogP contribution in [0.2, 0.25) is 10.0 Å². The van der Waals surface area contributed by atoms with Gasteiger partial charge in [-0.1, -0.05) is 35.3 Å². The summed E-state index contributed by atoms with van der Waals surface area (Å²) in [5.41, 5.74) is 4.46. The van der Waals surface area contributed by atoms with Gasteiger partial charge in [-0.25, -0.2) is 9.80 Å². The summed E-state index contributed by atoms with van der Waals surface area (Å²) in [4.78, 5) is 14.7. The Bertz CT molecular complexity index is 993. The minimum Gasteiger partial charge on any atom is -0.391 e. The predicted octanol–water partition coefficient (Wildman–Crippen LogP) is 3.90. The molecule has 2 aromatic rings. The first kappa shape index (κ1) is 21.0. The lowest BCUT2D eigenvalue weighted by Gasteiger charge is -2.26. The smallest absolute Gasteiger partial charge is 0.337 e. The summed E-state index contributed by atoms with van der Waals surface area (Å²) in [5.74, 6) is 0. The van der Waals surface area contributed by atoms with Gasteiger partial charge in [-0.2, -0.15) is 5.10 Å². The number of hydrogen-bond donors (Lipinski definition) is 2. The van der Waals surface area contributed by atoms with Crippen LogP contribution >= 0.6 is 23.2 Å². The van der Waals surface area contributed by atoms with Crippen molar-refractivity contribution < 1.29 is 9.90 Å². The van der Waals surface area contributed by atoms with Crippen molar-refractivity contribution in [1.29, 1.82) is 0 Å². The minimum atomic E-state index is -0.352. The van der Waals surface area contributed by atoms with Crippen LogP contribution in [-0.4, -0.2) is 54.1 Å². The van der Waals surface area contributed by atoms with Crippen LogP contribution in [0.25, 0.3) is 0 Å². The number of anilines is 1. The molecular formula is C22H24Cl2N4O2. The van der Waals surface area contributed by atoms with Crippen LogP contribution in [0, 0.1) is 0 Å². The molecule has 0 aromatic heterocycles. The molecule has 0 spiro atoms. The highest BCUT2D eigenvalue weighted by atomic mass is 35.5. The second kappa shape index (κ2) is 8.46. The van der Waals surface area contributed by atoms with E-state index in [9.17, 15) is 9.90 Å². The van der Waals surface area contributed by atoms with Crippen LogP contribution in [-0.2, 0) is 6.42 Å². The molecule has 0 aliphatic carbocycles. The number of nitrogens with zero attached hydrogens (tertiary/aromatic N) is 3. The molecule has 6 nitrogen and oxygen atoms in total. The highest BCUT2D eigenvalue weighted by Gasteiger charge is 2.31. The van der Waals surface area contributed by atoms with Crippen molar-refractivity contribution >= 4 is 40.6 Å². The van der Waals surface area contributed by atoms with Crippen molar-refractivity contribution in [2.24, 2.45) is 5.10 Å². The Kier molecular flexibility index (Phi) is 5.91. The van der Waals surface area contributed by atoms with Crippen molar-refractivity contribution in [1.82, 2.24) is 10.3 Å². The molecule has 2 atom stereocenters. The molecule has 0 bridgehead atoms. The molecule has 1 fully saturated rings. The summed E-state index contributed by atoms with van der Waals surface area (Å²) in [6, 6.07) is 10.8. The molecule has 8 heteroatoms. The Morgan fingerprint density at radius 3 is 2.57 bits per heavy atom. The van der Waals surface area contributed by atoms with Crippen LogP contribution in [0.4, 0.5) is 10.5 Å². The summed E-state index contributed by atoms with van der Waals surface area (Å²) < 4.78 is 0. The molecule has 30 heavy (non-hydrogen) atoms. The molecule has 0 radical (unpaired) electrons. The third-order valence-electron chi connectivity index (χ3n) is 5.61. The summed E-state index contributed by atoms with van der Waals surface area (Å²) >= 11 is 12.6. The largest absolute Gasteiger partial charge is 0.391 e. The van der Waals surface area contributed by atoms with E-state index in [1.807, 2.05) is 31.2 Å². The molecule has 2 N–H and O–H groups in total. The van der Waals surface area contributed by atoms with E-state index in [1.165, 1.54) is 5.01 Å². The number of β-amino-alcohol motifs (C(OH)–C–C–N with tert-alkyl or cyclic N) is 1. The molecule has 2 aliphatic heterocycles. The van der Waals surface area contributed by atoms with Crippen molar-refractivity contribution in [3.05, 3.63) is 63.1 Å². The van der Waals surface area contributed by atoms with E-state index in [1.54, 1.807) is 19.2 Å². The van der Waals surface area contributed by atoms with E-state index < -0.39 is 0 Å². The quantitative estimate of drug-likeness (QED) is 0.734. The van der Waals surface area contributed by atoms with E-state index in [-0.39, 0.29) is 18.2 Å². The fraction of sp³-hybridized carbons (Fsp3) is 0.364. The number of halogens is 2. The molecule has 0 saturated carbocycles. The number of benzene rings is 2. The van der Waals surface area contributed by atoms with Crippen molar-refractivity contribution in [2.45, 2.75) is 31.9 Å². The van der Waals surface area contributed by atoms with Gasteiger partial charge in [0.1, 0.15) is 0 Å². The number of fused-ring (bicyclic) bond motifs is 1. The van der Waals surface area contributed by atoms with Crippen LogP contribution in [0.15, 0.2) is 41.5 Å². The monoisotopic (exact) mass is 446 g/mol. The number of urea groups is 1. The number of hydrazone groups is 1. The zero-order valence-corrected chi connectivity index (χ0v) is 18.4. The first-order chi connectivity index (χ1) is 14.4. The lowest BCUT2D eigenvalue weighted by molar-refractivity contribution is 0.184. The zero-order valence-electron chi connectivity index (χ0n) is 16.9. The van der Waals surface area contributed by atoms with E-state index in [0.717, 1.165) is 35.3 Å². The summed E-state index contributed by atoms with van der Waals surface area (Å²) in [7, 11) is 1.60. The van der Waals surface area contributed by atoms with Gasteiger partial charge in [0.15, 0.2) is 0 Å². The fourth-order valence-electron chi connectivity index (χ4n) is 4.11. The van der Waals surface area contributed by atoms with Gasteiger partial charge >= 0.3 is 6.03 Å². The molecule has 2 heterocycles. The van der Waals surface area contributed by atoms with Crippen LogP contribution in [0.3, 0.4) is 0 Å². The van der Waals surface area contributed by atoms with Crippen molar-refractivity contribution in [2.75, 3.05) is 25.0 Å². The number of aliphatic hydroxyl groups is 1. The van der Waals surface area contributed by atoms with Gasteiger partial charge in [0.25, 0.3) is 0 Å². The minimum absolute atomic E-state index is 0.166. The van der Waals surface area contributed by atoms with Gasteiger partial charge in [-0.3, -0.25) is 0 Å². The van der Waals surface area contributed by atoms with Gasteiger partial charge in [0.2, 0.25) is 0 Å².